The predicted octanol–water partition coefficient (Wildman–Crippen LogP) is -0.400. The molecule has 5 heteroatoms. The number of halogens is 2. The lowest BCUT2D eigenvalue weighted by Gasteiger charge is -2.37. The maximum Gasteiger partial charge on any atom is 0.102 e. The van der Waals surface area contributed by atoms with Gasteiger partial charge in [-0.05, 0) is 45.7 Å². The molecule has 1 aliphatic heterocycles. The number of nitrogens with zero attached hydrogens (tertiary/aromatic N) is 2. The molecule has 0 radical (unpaired) electrons. The Kier molecular flexibility index (Phi) is 16.1. The van der Waals surface area contributed by atoms with Crippen molar-refractivity contribution in [3.8, 4) is 0 Å². The van der Waals surface area contributed by atoms with Crippen LogP contribution in [-0.4, -0.2) is 75.8 Å². The molecule has 1 saturated heterocycles. The molecular formula is C14H32Br2N2O. The normalized spacial score (nSPS) is 17.4. The molecule has 1 heterocycles. The van der Waals surface area contributed by atoms with Gasteiger partial charge in [0.2, 0.25) is 0 Å². The SMILES string of the molecule is CBr.CN(C)CCCCCC[N+]1(C)CCOCC1.[Br-]. The van der Waals surface area contributed by atoms with Crippen LogP contribution >= 0.6 is 15.9 Å². The van der Waals surface area contributed by atoms with Crippen LogP contribution in [-0.2, 0) is 4.74 Å². The highest BCUT2D eigenvalue weighted by molar-refractivity contribution is 9.08. The highest BCUT2D eigenvalue weighted by Crippen LogP contribution is 2.11. The van der Waals surface area contributed by atoms with Crippen LogP contribution in [0.3, 0.4) is 0 Å². The molecule has 0 aromatic rings. The Balaban J connectivity index is 0. The number of quaternary nitrogens is 1. The fourth-order valence-corrected chi connectivity index (χ4v) is 2.28. The van der Waals surface area contributed by atoms with Gasteiger partial charge in [-0.2, -0.15) is 0 Å². The Labute approximate surface area is 139 Å². The van der Waals surface area contributed by atoms with Crippen LogP contribution < -0.4 is 17.0 Å². The quantitative estimate of drug-likeness (QED) is 0.326. The smallest absolute Gasteiger partial charge is 0.102 e. The van der Waals surface area contributed by atoms with Gasteiger partial charge in [-0.3, -0.25) is 0 Å². The van der Waals surface area contributed by atoms with Gasteiger partial charge in [0, 0.05) is 0 Å². The van der Waals surface area contributed by atoms with Crippen molar-refractivity contribution in [3.63, 3.8) is 0 Å². The summed E-state index contributed by atoms with van der Waals surface area (Å²) in [6.07, 6.45) is 5.50. The molecule has 0 aliphatic carbocycles. The van der Waals surface area contributed by atoms with Crippen LogP contribution in [0.5, 0.6) is 0 Å². The summed E-state index contributed by atoms with van der Waals surface area (Å²) in [6.45, 7) is 6.90. The fourth-order valence-electron chi connectivity index (χ4n) is 2.28. The lowest BCUT2D eigenvalue weighted by atomic mass is 10.1. The number of rotatable bonds is 7. The minimum atomic E-state index is 0. The van der Waals surface area contributed by atoms with Gasteiger partial charge in [0.15, 0.2) is 0 Å². The summed E-state index contributed by atoms with van der Waals surface area (Å²) in [5.74, 6) is 1.81. The minimum Gasteiger partial charge on any atom is -1.00 e. The lowest BCUT2D eigenvalue weighted by Crippen LogP contribution is -3.00. The van der Waals surface area contributed by atoms with Crippen molar-refractivity contribution in [1.82, 2.24) is 4.90 Å². The number of ether oxygens (including phenoxy) is 1. The second kappa shape index (κ2) is 13.8. The van der Waals surface area contributed by atoms with E-state index in [1.54, 1.807) is 0 Å². The van der Waals surface area contributed by atoms with Crippen molar-refractivity contribution >= 4 is 15.9 Å². The first-order chi connectivity index (χ1) is 8.62. The number of morpholine rings is 1. The highest BCUT2D eigenvalue weighted by Gasteiger charge is 2.23. The van der Waals surface area contributed by atoms with Gasteiger partial charge in [0.05, 0.1) is 26.8 Å². The van der Waals surface area contributed by atoms with E-state index in [2.05, 4.69) is 42.0 Å². The topological polar surface area (TPSA) is 12.5 Å². The molecule has 1 fully saturated rings. The molecule has 0 saturated carbocycles. The van der Waals surface area contributed by atoms with E-state index in [4.69, 9.17) is 4.74 Å². The average molecular weight is 404 g/mol. The third kappa shape index (κ3) is 12.3. The van der Waals surface area contributed by atoms with Crippen LogP contribution in [0.25, 0.3) is 0 Å². The standard InChI is InChI=1S/C13H29N2O.CH3Br.BrH/c1-14(2)8-6-4-5-7-9-15(3)10-12-16-13-11-15;1-2;/h4-13H2,1-3H3;1H3;1H/q+1;;/p-1. The van der Waals surface area contributed by atoms with Gasteiger partial charge in [0.25, 0.3) is 0 Å². The van der Waals surface area contributed by atoms with Gasteiger partial charge in [-0.15, -0.1) is 0 Å². The minimum absolute atomic E-state index is 0. The van der Waals surface area contributed by atoms with Crippen molar-refractivity contribution in [3.05, 3.63) is 0 Å². The van der Waals surface area contributed by atoms with Crippen LogP contribution in [0, 0.1) is 0 Å². The van der Waals surface area contributed by atoms with Gasteiger partial charge < -0.3 is 31.1 Å². The monoisotopic (exact) mass is 402 g/mol. The van der Waals surface area contributed by atoms with E-state index in [0.717, 1.165) is 13.2 Å². The van der Waals surface area contributed by atoms with Gasteiger partial charge in [-0.25, -0.2) is 0 Å². The van der Waals surface area contributed by atoms with Crippen LogP contribution in [0.4, 0.5) is 0 Å². The molecule has 0 N–H and O–H groups in total. The molecular weight excluding hydrogens is 372 g/mol. The Morgan fingerprint density at radius 3 is 2.05 bits per heavy atom. The maximum absolute atomic E-state index is 5.41. The molecule has 0 unspecified atom stereocenters. The average Bonchev–Trinajstić information content (AvgIpc) is 2.36. The summed E-state index contributed by atoms with van der Waals surface area (Å²) < 4.78 is 6.64. The summed E-state index contributed by atoms with van der Waals surface area (Å²) in [4.78, 5) is 2.27. The van der Waals surface area contributed by atoms with Crippen molar-refractivity contribution in [2.24, 2.45) is 0 Å². The van der Waals surface area contributed by atoms with Gasteiger partial charge >= 0.3 is 0 Å². The molecule has 3 nitrogen and oxygen atoms in total. The molecule has 0 atom stereocenters. The van der Waals surface area contributed by atoms with E-state index in [1.807, 2.05) is 5.83 Å². The Morgan fingerprint density at radius 1 is 1.00 bits per heavy atom. The molecule has 1 rings (SSSR count). The maximum atomic E-state index is 5.41. The highest BCUT2D eigenvalue weighted by atomic mass is 79.9. The van der Waals surface area contributed by atoms with Crippen molar-refractivity contribution in [1.29, 1.82) is 0 Å². The summed E-state index contributed by atoms with van der Waals surface area (Å²) in [7, 11) is 6.68. The summed E-state index contributed by atoms with van der Waals surface area (Å²) in [5.41, 5.74) is 0. The fraction of sp³-hybridized carbons (Fsp3) is 1.00. The zero-order valence-electron chi connectivity index (χ0n) is 13.1. The number of hydrogen-bond donors (Lipinski definition) is 0. The van der Waals surface area contributed by atoms with E-state index < -0.39 is 0 Å². The summed E-state index contributed by atoms with van der Waals surface area (Å²) >= 11 is 2.94. The number of alkyl halides is 1. The zero-order chi connectivity index (χ0) is 13.9. The molecule has 0 amide bonds. The number of hydrogen-bond acceptors (Lipinski definition) is 2. The first-order valence-corrected chi connectivity index (χ1v) is 8.65. The molecule has 118 valence electrons. The van der Waals surface area contributed by atoms with E-state index >= 15 is 0 Å². The summed E-state index contributed by atoms with van der Waals surface area (Å²) in [6, 6.07) is 0. The van der Waals surface area contributed by atoms with Gasteiger partial charge in [-0.1, -0.05) is 22.4 Å². The zero-order valence-corrected chi connectivity index (χ0v) is 16.3. The molecule has 0 spiro atoms. The molecule has 1 aliphatic rings. The van der Waals surface area contributed by atoms with Gasteiger partial charge in [0.1, 0.15) is 13.1 Å². The molecule has 0 bridgehead atoms. The summed E-state index contributed by atoms with van der Waals surface area (Å²) in [5, 5.41) is 0. The van der Waals surface area contributed by atoms with E-state index in [1.165, 1.54) is 56.3 Å². The first-order valence-electron chi connectivity index (χ1n) is 7.06. The third-order valence-corrected chi connectivity index (χ3v) is 3.60. The Bertz CT molecular complexity index is 186. The van der Waals surface area contributed by atoms with Crippen LogP contribution in [0.1, 0.15) is 25.7 Å². The first kappa shape index (κ1) is 22.1. The largest absolute Gasteiger partial charge is 1.00 e. The second-order valence-electron chi connectivity index (χ2n) is 5.62. The van der Waals surface area contributed by atoms with Crippen LogP contribution in [0.15, 0.2) is 0 Å². The second-order valence-corrected chi connectivity index (χ2v) is 5.62. The predicted molar refractivity (Wildman–Crippen MR) is 83.5 cm³/mol. The van der Waals surface area contributed by atoms with Crippen molar-refractivity contribution < 1.29 is 26.2 Å². The van der Waals surface area contributed by atoms with E-state index in [-0.39, 0.29) is 17.0 Å². The van der Waals surface area contributed by atoms with E-state index in [9.17, 15) is 0 Å². The van der Waals surface area contributed by atoms with Crippen molar-refractivity contribution in [2.45, 2.75) is 25.7 Å². The molecule has 0 aromatic carbocycles. The molecule has 0 aromatic heterocycles. The lowest BCUT2D eigenvalue weighted by molar-refractivity contribution is -0.917. The van der Waals surface area contributed by atoms with E-state index in [0.29, 0.717) is 0 Å². The Morgan fingerprint density at radius 2 is 1.53 bits per heavy atom. The molecule has 19 heavy (non-hydrogen) atoms. The van der Waals surface area contributed by atoms with Crippen molar-refractivity contribution in [2.75, 3.05) is 66.4 Å². The Hall–Kier alpha value is 0.840. The third-order valence-electron chi connectivity index (χ3n) is 3.60. The van der Waals surface area contributed by atoms with Crippen LogP contribution in [0.2, 0.25) is 0 Å². The number of unbranched alkanes of at least 4 members (excludes halogenated alkanes) is 3. The number of likely N-dealkylation sites (N-methyl/N-ethyl adjacent to an activating group) is 1.